The molecule has 0 aliphatic heterocycles. The smallest absolute Gasteiger partial charge is 0.259 e. The van der Waals surface area contributed by atoms with E-state index in [-0.39, 0.29) is 11.9 Å². The zero-order valence-electron chi connectivity index (χ0n) is 17.5. The van der Waals surface area contributed by atoms with E-state index < -0.39 is 5.41 Å². The van der Waals surface area contributed by atoms with Crippen LogP contribution >= 0.6 is 0 Å². The number of hydrogen-bond acceptors (Lipinski definition) is 7. The lowest BCUT2D eigenvalue weighted by atomic mass is 9.72. The topological polar surface area (TPSA) is 104 Å². The lowest BCUT2D eigenvalue weighted by molar-refractivity contribution is 0.351. The number of pyridine rings is 1. The Morgan fingerprint density at radius 1 is 0.867 bits per heavy atom. The van der Waals surface area contributed by atoms with Gasteiger partial charge in [0.15, 0.2) is 5.82 Å². The molecule has 152 valence electrons. The maximum absolute atomic E-state index is 5.59. The second-order valence-corrected chi connectivity index (χ2v) is 7.88. The molecule has 3 heterocycles. The number of aryl methyl sites for hydroxylation is 1. The molecule has 7 nitrogen and oxygen atoms in total. The van der Waals surface area contributed by atoms with Gasteiger partial charge in [0.2, 0.25) is 5.95 Å². The van der Waals surface area contributed by atoms with Crippen LogP contribution < -0.4 is 5.73 Å². The second kappa shape index (κ2) is 7.67. The number of nitrogens with zero attached hydrogens (tertiary/aromatic N) is 5. The van der Waals surface area contributed by atoms with E-state index in [1.165, 1.54) is 0 Å². The summed E-state index contributed by atoms with van der Waals surface area (Å²) in [7, 11) is 0. The highest BCUT2D eigenvalue weighted by Crippen LogP contribution is 2.38. The zero-order chi connectivity index (χ0) is 21.3. The monoisotopic (exact) mass is 400 g/mol. The summed E-state index contributed by atoms with van der Waals surface area (Å²) < 4.78 is 5.58. The molecular weight excluding hydrogens is 376 g/mol. The van der Waals surface area contributed by atoms with Crippen LogP contribution in [0.15, 0.2) is 59.5 Å². The van der Waals surface area contributed by atoms with Crippen LogP contribution in [0.25, 0.3) is 22.6 Å². The molecule has 1 unspecified atom stereocenters. The first-order chi connectivity index (χ1) is 14.4. The standard InChI is InChI=1S/C23H24N6O/c1-14(2)23(4,21-28-20(30-29-21)17-6-5-15(3)25-11-17)19-9-7-16(8-10-19)18-12-26-22(24)27-13-18/h5-14H,1-4H3,(H2,24,26,27). The number of benzene rings is 1. The minimum absolute atomic E-state index is 0.241. The lowest BCUT2D eigenvalue weighted by Gasteiger charge is -2.31. The van der Waals surface area contributed by atoms with Crippen molar-refractivity contribution in [2.24, 2.45) is 5.92 Å². The van der Waals surface area contributed by atoms with Crippen molar-refractivity contribution in [3.8, 4) is 22.6 Å². The fourth-order valence-corrected chi connectivity index (χ4v) is 3.36. The molecule has 4 aromatic rings. The summed E-state index contributed by atoms with van der Waals surface area (Å²) >= 11 is 0. The van der Waals surface area contributed by atoms with Crippen LogP contribution in [-0.4, -0.2) is 25.1 Å². The van der Waals surface area contributed by atoms with E-state index in [1.807, 2.05) is 19.1 Å². The van der Waals surface area contributed by atoms with Crippen molar-refractivity contribution in [1.29, 1.82) is 0 Å². The van der Waals surface area contributed by atoms with E-state index in [0.717, 1.165) is 27.9 Å². The average molecular weight is 400 g/mol. The lowest BCUT2D eigenvalue weighted by Crippen LogP contribution is -2.31. The molecule has 1 aromatic carbocycles. The molecule has 2 N–H and O–H groups in total. The predicted molar refractivity (Wildman–Crippen MR) is 115 cm³/mol. The first-order valence-corrected chi connectivity index (χ1v) is 9.83. The van der Waals surface area contributed by atoms with Crippen molar-refractivity contribution in [3.05, 3.63) is 72.1 Å². The van der Waals surface area contributed by atoms with Gasteiger partial charge < -0.3 is 10.3 Å². The molecule has 3 aromatic heterocycles. The fourth-order valence-electron chi connectivity index (χ4n) is 3.36. The van der Waals surface area contributed by atoms with Gasteiger partial charge in [-0.1, -0.05) is 43.3 Å². The Hall–Kier alpha value is -3.61. The summed E-state index contributed by atoms with van der Waals surface area (Å²) in [6, 6.07) is 12.2. The van der Waals surface area contributed by atoms with Gasteiger partial charge in [0, 0.05) is 29.8 Å². The van der Waals surface area contributed by atoms with Crippen LogP contribution in [0.5, 0.6) is 0 Å². The van der Waals surface area contributed by atoms with Gasteiger partial charge in [-0.3, -0.25) is 4.98 Å². The maximum atomic E-state index is 5.59. The third-order valence-electron chi connectivity index (χ3n) is 5.69. The van der Waals surface area contributed by atoms with Crippen LogP contribution in [0.3, 0.4) is 0 Å². The Kier molecular flexibility index (Phi) is 5.03. The number of rotatable bonds is 5. The Morgan fingerprint density at radius 3 is 2.10 bits per heavy atom. The molecule has 0 radical (unpaired) electrons. The van der Waals surface area contributed by atoms with Gasteiger partial charge in [-0.05, 0) is 43.0 Å². The number of hydrogen-bond donors (Lipinski definition) is 1. The largest absolute Gasteiger partial charge is 0.368 e. The molecular formula is C23H24N6O. The van der Waals surface area contributed by atoms with E-state index in [0.29, 0.717) is 11.7 Å². The first kappa shape index (κ1) is 19.7. The summed E-state index contributed by atoms with van der Waals surface area (Å²) in [5.41, 5.74) is 9.95. The van der Waals surface area contributed by atoms with Gasteiger partial charge in [0.05, 0.1) is 11.0 Å². The van der Waals surface area contributed by atoms with Gasteiger partial charge in [-0.15, -0.1) is 0 Å². The van der Waals surface area contributed by atoms with Crippen LogP contribution in [0.1, 0.15) is 37.9 Å². The molecule has 30 heavy (non-hydrogen) atoms. The zero-order valence-corrected chi connectivity index (χ0v) is 17.5. The normalized spacial score (nSPS) is 13.4. The molecule has 0 aliphatic rings. The van der Waals surface area contributed by atoms with E-state index in [9.17, 15) is 0 Å². The molecule has 1 atom stereocenters. The quantitative estimate of drug-likeness (QED) is 0.528. The van der Waals surface area contributed by atoms with Crippen LogP contribution in [0, 0.1) is 12.8 Å². The second-order valence-electron chi connectivity index (χ2n) is 7.88. The van der Waals surface area contributed by atoms with Crippen molar-refractivity contribution >= 4 is 5.95 Å². The van der Waals surface area contributed by atoms with Crippen molar-refractivity contribution in [2.45, 2.75) is 33.1 Å². The minimum atomic E-state index is -0.421. The van der Waals surface area contributed by atoms with Gasteiger partial charge in [0.25, 0.3) is 5.89 Å². The van der Waals surface area contributed by atoms with Gasteiger partial charge >= 0.3 is 0 Å². The highest BCUT2D eigenvalue weighted by Gasteiger charge is 2.37. The molecule has 0 fully saturated rings. The molecule has 0 saturated heterocycles. The summed E-state index contributed by atoms with van der Waals surface area (Å²) in [5.74, 6) is 1.63. The fraction of sp³-hybridized carbons (Fsp3) is 0.261. The minimum Gasteiger partial charge on any atom is -0.368 e. The van der Waals surface area contributed by atoms with Gasteiger partial charge in [-0.25, -0.2) is 9.97 Å². The van der Waals surface area contributed by atoms with E-state index in [2.05, 4.69) is 65.1 Å². The Morgan fingerprint density at radius 2 is 1.50 bits per heavy atom. The first-order valence-electron chi connectivity index (χ1n) is 9.83. The SMILES string of the molecule is Cc1ccc(-c2nc(C(C)(c3ccc(-c4cnc(N)nc4)cc3)C(C)C)no2)cn1. The summed E-state index contributed by atoms with van der Waals surface area (Å²) in [6.45, 7) is 8.40. The molecule has 0 saturated carbocycles. The molecule has 7 heteroatoms. The summed E-state index contributed by atoms with van der Waals surface area (Å²) in [6.07, 6.45) is 5.20. The summed E-state index contributed by atoms with van der Waals surface area (Å²) in [4.78, 5) is 17.2. The third-order valence-corrected chi connectivity index (χ3v) is 5.69. The van der Waals surface area contributed by atoms with E-state index >= 15 is 0 Å². The van der Waals surface area contributed by atoms with Crippen LogP contribution in [0.4, 0.5) is 5.95 Å². The molecule has 0 amide bonds. The van der Waals surface area contributed by atoms with Crippen molar-refractivity contribution in [1.82, 2.24) is 25.1 Å². The number of anilines is 1. The Balaban J connectivity index is 1.69. The van der Waals surface area contributed by atoms with Crippen molar-refractivity contribution in [2.75, 3.05) is 5.73 Å². The maximum Gasteiger partial charge on any atom is 0.259 e. The van der Waals surface area contributed by atoms with Crippen LogP contribution in [0.2, 0.25) is 0 Å². The third kappa shape index (κ3) is 3.54. The van der Waals surface area contributed by atoms with Gasteiger partial charge in [0.1, 0.15) is 0 Å². The van der Waals surface area contributed by atoms with E-state index in [1.54, 1.807) is 18.6 Å². The average Bonchev–Trinajstić information content (AvgIpc) is 3.25. The highest BCUT2D eigenvalue weighted by atomic mass is 16.5. The number of aromatic nitrogens is 5. The van der Waals surface area contributed by atoms with E-state index in [4.69, 9.17) is 15.2 Å². The van der Waals surface area contributed by atoms with Gasteiger partial charge in [-0.2, -0.15) is 4.98 Å². The highest BCUT2D eigenvalue weighted by molar-refractivity contribution is 5.62. The predicted octanol–water partition coefficient (Wildman–Crippen LogP) is 4.44. The Bertz CT molecular complexity index is 1130. The Labute approximate surface area is 175 Å². The number of nitrogens with two attached hydrogens (primary N) is 1. The van der Waals surface area contributed by atoms with Crippen molar-refractivity contribution in [3.63, 3.8) is 0 Å². The summed E-state index contributed by atoms with van der Waals surface area (Å²) in [5, 5.41) is 4.33. The molecule has 0 bridgehead atoms. The number of nitrogen functional groups attached to an aromatic ring is 1. The molecule has 4 rings (SSSR count). The molecule has 0 aliphatic carbocycles. The van der Waals surface area contributed by atoms with Crippen molar-refractivity contribution < 1.29 is 4.52 Å². The van der Waals surface area contributed by atoms with Crippen LogP contribution in [-0.2, 0) is 5.41 Å². The molecule has 0 spiro atoms.